The van der Waals surface area contributed by atoms with E-state index in [4.69, 9.17) is 14.2 Å². The number of hydrogen-bond acceptors (Lipinski definition) is 7. The SMILES string of the molecule is COC(=O)[C@]1(O)CC(=O)[C@@H]2OC3(CCCCC3)O[C@@H]2[C@H]1OC. The highest BCUT2D eigenvalue weighted by atomic mass is 16.8. The maximum absolute atomic E-state index is 12.4. The van der Waals surface area contributed by atoms with Gasteiger partial charge in [0.25, 0.3) is 0 Å². The molecule has 1 saturated heterocycles. The second kappa shape index (κ2) is 5.56. The summed E-state index contributed by atoms with van der Waals surface area (Å²) in [7, 11) is 2.54. The van der Waals surface area contributed by atoms with Crippen LogP contribution in [0.15, 0.2) is 0 Å². The van der Waals surface area contributed by atoms with Gasteiger partial charge in [0.1, 0.15) is 18.3 Å². The van der Waals surface area contributed by atoms with Gasteiger partial charge >= 0.3 is 5.97 Å². The molecule has 1 aliphatic heterocycles. The van der Waals surface area contributed by atoms with Crippen LogP contribution in [0.2, 0.25) is 0 Å². The first kappa shape index (κ1) is 15.9. The van der Waals surface area contributed by atoms with Crippen LogP contribution in [0.1, 0.15) is 38.5 Å². The van der Waals surface area contributed by atoms with Gasteiger partial charge in [-0.15, -0.1) is 0 Å². The van der Waals surface area contributed by atoms with E-state index in [9.17, 15) is 14.7 Å². The van der Waals surface area contributed by atoms with Crippen molar-refractivity contribution in [2.75, 3.05) is 14.2 Å². The average molecular weight is 314 g/mol. The summed E-state index contributed by atoms with van der Waals surface area (Å²) in [6.07, 6.45) is 1.47. The lowest BCUT2D eigenvalue weighted by Crippen LogP contribution is -2.64. The lowest BCUT2D eigenvalue weighted by Gasteiger charge is -2.40. The van der Waals surface area contributed by atoms with Crippen LogP contribution in [-0.4, -0.2) is 60.8 Å². The van der Waals surface area contributed by atoms with Crippen molar-refractivity contribution < 1.29 is 33.6 Å². The number of ketones is 1. The van der Waals surface area contributed by atoms with Gasteiger partial charge in [0.15, 0.2) is 17.2 Å². The third kappa shape index (κ3) is 2.27. The second-order valence-corrected chi connectivity index (χ2v) is 6.31. The molecule has 1 N–H and O–H groups in total. The Kier molecular flexibility index (Phi) is 4.01. The first-order valence-corrected chi connectivity index (χ1v) is 7.68. The number of methoxy groups -OCH3 is 2. The Morgan fingerprint density at radius 3 is 2.50 bits per heavy atom. The van der Waals surface area contributed by atoms with Crippen molar-refractivity contribution in [2.45, 2.75) is 68.2 Å². The Hall–Kier alpha value is -1.02. The lowest BCUT2D eigenvalue weighted by atomic mass is 9.78. The van der Waals surface area contributed by atoms with Crippen molar-refractivity contribution in [3.63, 3.8) is 0 Å². The standard InChI is InChI=1S/C15H22O7/c1-19-12-11-10(9(16)8-15(12,18)13(17)20-2)21-14(22-11)6-4-3-5-7-14/h10-12,18H,3-8H2,1-2H3/t10-,11-,12+,15-/m0/s1. The number of ether oxygens (including phenoxy) is 4. The molecule has 22 heavy (non-hydrogen) atoms. The molecule has 0 unspecified atom stereocenters. The van der Waals surface area contributed by atoms with E-state index in [0.29, 0.717) is 12.8 Å². The van der Waals surface area contributed by atoms with Crippen molar-refractivity contribution in [2.24, 2.45) is 0 Å². The van der Waals surface area contributed by atoms with E-state index in [1.807, 2.05) is 0 Å². The second-order valence-electron chi connectivity index (χ2n) is 6.31. The third-order valence-corrected chi connectivity index (χ3v) is 4.93. The Morgan fingerprint density at radius 2 is 1.91 bits per heavy atom. The zero-order valence-electron chi connectivity index (χ0n) is 12.9. The molecule has 0 aromatic rings. The quantitative estimate of drug-likeness (QED) is 0.734. The van der Waals surface area contributed by atoms with Crippen LogP contribution in [-0.2, 0) is 28.5 Å². The number of esters is 1. The number of hydrogen-bond donors (Lipinski definition) is 1. The zero-order valence-corrected chi connectivity index (χ0v) is 12.9. The molecule has 2 aliphatic carbocycles. The highest BCUT2D eigenvalue weighted by Gasteiger charge is 2.64. The van der Waals surface area contributed by atoms with Gasteiger partial charge in [-0.1, -0.05) is 6.42 Å². The van der Waals surface area contributed by atoms with Crippen molar-refractivity contribution in [1.29, 1.82) is 0 Å². The Labute approximate surface area is 128 Å². The number of carbonyl (C=O) groups is 2. The van der Waals surface area contributed by atoms with Crippen LogP contribution < -0.4 is 0 Å². The molecule has 0 radical (unpaired) electrons. The predicted molar refractivity (Wildman–Crippen MR) is 72.9 cm³/mol. The molecule has 7 nitrogen and oxygen atoms in total. The minimum absolute atomic E-state index is 0.353. The molecule has 4 atom stereocenters. The first-order chi connectivity index (χ1) is 10.5. The van der Waals surface area contributed by atoms with Crippen LogP contribution >= 0.6 is 0 Å². The van der Waals surface area contributed by atoms with E-state index in [-0.39, 0.29) is 5.78 Å². The summed E-state index contributed by atoms with van der Waals surface area (Å²) < 4.78 is 21.9. The zero-order chi connectivity index (χ0) is 16.0. The molecule has 0 bridgehead atoms. The molecule has 0 aromatic heterocycles. The van der Waals surface area contributed by atoms with Gasteiger partial charge in [-0.3, -0.25) is 4.79 Å². The van der Waals surface area contributed by atoms with E-state index < -0.39 is 42.1 Å². The molecule has 1 spiro atoms. The van der Waals surface area contributed by atoms with E-state index in [1.54, 1.807) is 0 Å². The fraction of sp³-hybridized carbons (Fsp3) is 0.867. The largest absolute Gasteiger partial charge is 0.467 e. The van der Waals surface area contributed by atoms with Crippen molar-refractivity contribution in [1.82, 2.24) is 0 Å². The highest BCUT2D eigenvalue weighted by Crippen LogP contribution is 2.46. The van der Waals surface area contributed by atoms with Crippen molar-refractivity contribution >= 4 is 11.8 Å². The molecule has 7 heteroatoms. The van der Waals surface area contributed by atoms with Gasteiger partial charge in [-0.2, -0.15) is 0 Å². The van der Waals surface area contributed by atoms with Gasteiger partial charge in [0.2, 0.25) is 0 Å². The molecule has 3 aliphatic rings. The van der Waals surface area contributed by atoms with Crippen LogP contribution in [0.4, 0.5) is 0 Å². The summed E-state index contributed by atoms with van der Waals surface area (Å²) in [5, 5.41) is 10.6. The molecule has 124 valence electrons. The maximum Gasteiger partial charge on any atom is 0.341 e. The fourth-order valence-corrected chi connectivity index (χ4v) is 3.86. The normalized spacial score (nSPS) is 40.5. The Bertz CT molecular complexity index is 471. The molecular formula is C15H22O7. The Morgan fingerprint density at radius 1 is 1.23 bits per heavy atom. The minimum Gasteiger partial charge on any atom is -0.467 e. The molecule has 2 saturated carbocycles. The monoisotopic (exact) mass is 314 g/mol. The summed E-state index contributed by atoms with van der Waals surface area (Å²) in [5.41, 5.74) is -2.04. The van der Waals surface area contributed by atoms with Gasteiger partial charge in [-0.05, 0) is 12.8 Å². The van der Waals surface area contributed by atoms with E-state index in [1.165, 1.54) is 7.11 Å². The number of aliphatic hydroxyl groups is 1. The van der Waals surface area contributed by atoms with E-state index in [0.717, 1.165) is 26.4 Å². The van der Waals surface area contributed by atoms with Crippen LogP contribution in [0, 0.1) is 0 Å². The molecule has 0 amide bonds. The third-order valence-electron chi connectivity index (χ3n) is 4.93. The van der Waals surface area contributed by atoms with Crippen LogP contribution in [0.3, 0.4) is 0 Å². The topological polar surface area (TPSA) is 91.3 Å². The van der Waals surface area contributed by atoms with Gasteiger partial charge < -0.3 is 24.1 Å². The van der Waals surface area contributed by atoms with Crippen LogP contribution in [0.25, 0.3) is 0 Å². The van der Waals surface area contributed by atoms with Crippen LogP contribution in [0.5, 0.6) is 0 Å². The lowest BCUT2D eigenvalue weighted by molar-refractivity contribution is -0.218. The molecular weight excluding hydrogens is 292 g/mol. The summed E-state index contributed by atoms with van der Waals surface area (Å²) in [5.74, 6) is -2.03. The molecule has 0 aromatic carbocycles. The number of carbonyl (C=O) groups excluding carboxylic acids is 2. The average Bonchev–Trinajstić information content (AvgIpc) is 2.86. The van der Waals surface area contributed by atoms with Gasteiger partial charge in [0.05, 0.1) is 13.5 Å². The van der Waals surface area contributed by atoms with Crippen molar-refractivity contribution in [3.05, 3.63) is 0 Å². The predicted octanol–water partition coefficient (Wildman–Crippen LogP) is 0.323. The number of rotatable bonds is 2. The molecule has 3 rings (SSSR count). The summed E-state index contributed by atoms with van der Waals surface area (Å²) in [6.45, 7) is 0. The first-order valence-electron chi connectivity index (χ1n) is 7.68. The summed E-state index contributed by atoms with van der Waals surface area (Å²) in [6, 6.07) is 0. The molecule has 1 heterocycles. The summed E-state index contributed by atoms with van der Waals surface area (Å²) in [4.78, 5) is 24.3. The highest BCUT2D eigenvalue weighted by molar-refractivity contribution is 5.94. The smallest absolute Gasteiger partial charge is 0.341 e. The van der Waals surface area contributed by atoms with Gasteiger partial charge in [-0.25, -0.2) is 4.79 Å². The number of fused-ring (bicyclic) bond motifs is 1. The fourth-order valence-electron chi connectivity index (χ4n) is 3.86. The van der Waals surface area contributed by atoms with E-state index >= 15 is 0 Å². The maximum atomic E-state index is 12.4. The molecule has 3 fully saturated rings. The number of Topliss-reactive ketones (excluding diaryl/α,β-unsaturated/α-hetero) is 1. The summed E-state index contributed by atoms with van der Waals surface area (Å²) >= 11 is 0. The Balaban J connectivity index is 1.90. The minimum atomic E-state index is -2.04. The van der Waals surface area contributed by atoms with Gasteiger partial charge in [0, 0.05) is 20.0 Å². The van der Waals surface area contributed by atoms with Crippen molar-refractivity contribution in [3.8, 4) is 0 Å². The van der Waals surface area contributed by atoms with E-state index in [2.05, 4.69) is 4.74 Å².